The van der Waals surface area contributed by atoms with E-state index in [4.69, 9.17) is 5.73 Å². The lowest BCUT2D eigenvalue weighted by molar-refractivity contribution is 0.258. The van der Waals surface area contributed by atoms with E-state index in [1.165, 1.54) is 50.3 Å². The van der Waals surface area contributed by atoms with Crippen molar-refractivity contribution in [3.8, 4) is 0 Å². The minimum Gasteiger partial charge on any atom is -0.327 e. The molecule has 1 saturated carbocycles. The number of likely N-dealkylation sites (tertiary alicyclic amines) is 1. The first-order valence-electron chi connectivity index (χ1n) is 8.20. The van der Waals surface area contributed by atoms with E-state index in [0.29, 0.717) is 12.0 Å². The highest BCUT2D eigenvalue weighted by molar-refractivity contribution is 5.01. The van der Waals surface area contributed by atoms with E-state index in [9.17, 15) is 0 Å². The Labute approximate surface area is 120 Å². The largest absolute Gasteiger partial charge is 0.327 e. The van der Waals surface area contributed by atoms with Gasteiger partial charge in [-0.25, -0.2) is 0 Å². The average molecular weight is 275 g/mol. The van der Waals surface area contributed by atoms with Crippen LogP contribution in [0.5, 0.6) is 0 Å². The van der Waals surface area contributed by atoms with Gasteiger partial charge in [-0.2, -0.15) is 0 Å². The van der Waals surface area contributed by atoms with Gasteiger partial charge in [-0.05, 0) is 37.5 Å². The van der Waals surface area contributed by atoms with Crippen LogP contribution in [0.2, 0.25) is 0 Å². The number of nitrogens with zero attached hydrogens (tertiary/aromatic N) is 4. The van der Waals surface area contributed by atoms with E-state index in [1.54, 1.807) is 0 Å². The number of aryl methyl sites for hydroxylation is 1. The van der Waals surface area contributed by atoms with Gasteiger partial charge in [0, 0.05) is 32.1 Å². The summed E-state index contributed by atoms with van der Waals surface area (Å²) in [6, 6.07) is 0.422. The van der Waals surface area contributed by atoms with Gasteiger partial charge in [-0.1, -0.05) is 6.42 Å². The molecule has 0 radical (unpaired) electrons. The molecule has 2 N–H and O–H groups in total. The second-order valence-electron chi connectivity index (χ2n) is 6.85. The molecule has 5 nitrogen and oxygen atoms in total. The molecule has 1 saturated heterocycles. The highest BCUT2D eigenvalue weighted by Gasteiger charge is 2.39. The van der Waals surface area contributed by atoms with Gasteiger partial charge in [0.15, 0.2) is 0 Å². The molecule has 5 heteroatoms. The summed E-state index contributed by atoms with van der Waals surface area (Å²) in [6.45, 7) is 4.44. The molecular formula is C15H25N5. The van der Waals surface area contributed by atoms with Gasteiger partial charge in [0.2, 0.25) is 0 Å². The van der Waals surface area contributed by atoms with E-state index >= 15 is 0 Å². The highest BCUT2D eigenvalue weighted by Crippen LogP contribution is 2.36. The summed E-state index contributed by atoms with van der Waals surface area (Å²) in [5, 5.41) is 8.80. The molecule has 0 amide bonds. The number of hydrogen-bond donors (Lipinski definition) is 1. The second kappa shape index (κ2) is 5.11. The minimum atomic E-state index is 0.422. The van der Waals surface area contributed by atoms with Crippen LogP contribution in [-0.4, -0.2) is 38.8 Å². The van der Waals surface area contributed by atoms with Crippen molar-refractivity contribution in [2.45, 2.75) is 57.7 Å². The first kappa shape index (κ1) is 12.8. The Hall–Kier alpha value is -0.940. The zero-order valence-corrected chi connectivity index (χ0v) is 12.2. The third-order valence-electron chi connectivity index (χ3n) is 5.53. The molecule has 2 fully saturated rings. The van der Waals surface area contributed by atoms with Gasteiger partial charge >= 0.3 is 0 Å². The Morgan fingerprint density at radius 3 is 2.95 bits per heavy atom. The van der Waals surface area contributed by atoms with E-state index in [0.717, 1.165) is 32.0 Å². The van der Waals surface area contributed by atoms with Crippen LogP contribution < -0.4 is 5.73 Å². The molecule has 4 rings (SSSR count). The lowest BCUT2D eigenvalue weighted by atomic mass is 9.78. The maximum atomic E-state index is 6.31. The topological polar surface area (TPSA) is 60.0 Å². The average Bonchev–Trinajstić information content (AvgIpc) is 3.05. The number of fused-ring (bicyclic) bond motifs is 2. The van der Waals surface area contributed by atoms with Gasteiger partial charge in [0.25, 0.3) is 0 Å². The predicted molar refractivity (Wildman–Crippen MR) is 77.0 cm³/mol. The molecule has 0 aromatic carbocycles. The Balaban J connectivity index is 1.46. The third-order valence-corrected chi connectivity index (χ3v) is 5.53. The Bertz CT molecular complexity index is 483. The minimum absolute atomic E-state index is 0.422. The molecule has 3 aliphatic rings. The highest BCUT2D eigenvalue weighted by atomic mass is 15.3. The molecule has 0 spiro atoms. The Morgan fingerprint density at radius 1 is 1.10 bits per heavy atom. The van der Waals surface area contributed by atoms with Gasteiger partial charge in [-0.3, -0.25) is 4.90 Å². The molecule has 0 bridgehead atoms. The summed E-state index contributed by atoms with van der Waals surface area (Å²) in [5.74, 6) is 3.90. The maximum Gasteiger partial charge on any atom is 0.147 e. The van der Waals surface area contributed by atoms with Gasteiger partial charge in [0.1, 0.15) is 11.6 Å². The summed E-state index contributed by atoms with van der Waals surface area (Å²) in [4.78, 5) is 2.56. The molecule has 2 aliphatic heterocycles. The van der Waals surface area contributed by atoms with Crippen molar-refractivity contribution in [3.63, 3.8) is 0 Å². The number of rotatable bonds is 2. The molecule has 3 atom stereocenters. The fourth-order valence-electron chi connectivity index (χ4n) is 4.42. The summed E-state index contributed by atoms with van der Waals surface area (Å²) in [5.41, 5.74) is 6.31. The van der Waals surface area contributed by atoms with Crippen LogP contribution in [0.4, 0.5) is 0 Å². The molecule has 3 heterocycles. The van der Waals surface area contributed by atoms with Gasteiger partial charge in [-0.15, -0.1) is 10.2 Å². The molecular weight excluding hydrogens is 250 g/mol. The van der Waals surface area contributed by atoms with Crippen LogP contribution in [0, 0.1) is 11.8 Å². The van der Waals surface area contributed by atoms with Crippen molar-refractivity contribution >= 4 is 0 Å². The van der Waals surface area contributed by atoms with Crippen molar-refractivity contribution in [1.29, 1.82) is 0 Å². The molecule has 20 heavy (non-hydrogen) atoms. The third kappa shape index (κ3) is 2.17. The zero-order chi connectivity index (χ0) is 13.5. The summed E-state index contributed by atoms with van der Waals surface area (Å²) >= 11 is 0. The Morgan fingerprint density at radius 2 is 2.05 bits per heavy atom. The normalized spacial score (nSPS) is 34.0. The maximum absolute atomic E-state index is 6.31. The monoisotopic (exact) mass is 275 g/mol. The number of hydrogen-bond acceptors (Lipinski definition) is 4. The summed E-state index contributed by atoms with van der Waals surface area (Å²) in [7, 11) is 0. The standard InChI is InChI=1S/C15H25N5/c16-13-5-3-4-11-8-19(9-12(11)13)10-15-18-17-14-6-1-2-7-20(14)15/h11-13H,1-10,16H2. The smallest absolute Gasteiger partial charge is 0.147 e. The molecule has 1 aromatic heterocycles. The predicted octanol–water partition coefficient (Wildman–Crippen LogP) is 1.17. The lowest BCUT2D eigenvalue weighted by Crippen LogP contribution is -2.38. The van der Waals surface area contributed by atoms with Crippen molar-refractivity contribution in [2.75, 3.05) is 13.1 Å². The van der Waals surface area contributed by atoms with Gasteiger partial charge < -0.3 is 10.3 Å². The van der Waals surface area contributed by atoms with Crippen LogP contribution in [0.1, 0.15) is 43.8 Å². The molecule has 1 aromatic rings. The fourth-order valence-corrected chi connectivity index (χ4v) is 4.42. The van der Waals surface area contributed by atoms with Crippen molar-refractivity contribution in [3.05, 3.63) is 11.6 Å². The van der Waals surface area contributed by atoms with Crippen molar-refractivity contribution in [1.82, 2.24) is 19.7 Å². The summed E-state index contributed by atoms with van der Waals surface area (Å²) < 4.78 is 2.35. The lowest BCUT2D eigenvalue weighted by Gasteiger charge is -2.29. The van der Waals surface area contributed by atoms with Crippen molar-refractivity contribution in [2.24, 2.45) is 17.6 Å². The molecule has 110 valence electrons. The first-order chi connectivity index (χ1) is 9.81. The van der Waals surface area contributed by atoms with Crippen LogP contribution in [-0.2, 0) is 19.5 Å². The fraction of sp³-hybridized carbons (Fsp3) is 0.867. The summed E-state index contributed by atoms with van der Waals surface area (Å²) in [6.07, 6.45) is 7.54. The van der Waals surface area contributed by atoms with Crippen LogP contribution in [0.25, 0.3) is 0 Å². The number of nitrogens with two attached hydrogens (primary N) is 1. The van der Waals surface area contributed by atoms with Crippen LogP contribution in [0.3, 0.4) is 0 Å². The number of aromatic nitrogens is 3. The second-order valence-corrected chi connectivity index (χ2v) is 6.85. The van der Waals surface area contributed by atoms with E-state index in [2.05, 4.69) is 19.7 Å². The van der Waals surface area contributed by atoms with E-state index in [-0.39, 0.29) is 0 Å². The van der Waals surface area contributed by atoms with Crippen LogP contribution in [0.15, 0.2) is 0 Å². The van der Waals surface area contributed by atoms with Crippen molar-refractivity contribution < 1.29 is 0 Å². The molecule has 1 aliphatic carbocycles. The van der Waals surface area contributed by atoms with Crippen LogP contribution >= 0.6 is 0 Å². The first-order valence-corrected chi connectivity index (χ1v) is 8.20. The quantitative estimate of drug-likeness (QED) is 0.880. The van der Waals surface area contributed by atoms with E-state index < -0.39 is 0 Å². The molecule has 3 unspecified atom stereocenters. The zero-order valence-electron chi connectivity index (χ0n) is 12.2. The van der Waals surface area contributed by atoms with Gasteiger partial charge in [0.05, 0.1) is 6.54 Å². The Kier molecular flexibility index (Phi) is 3.27. The van der Waals surface area contributed by atoms with E-state index in [1.807, 2.05) is 0 Å². The SMILES string of the molecule is NC1CCCC2CN(Cc3nnc4n3CCCC4)CC12.